The third kappa shape index (κ3) is 6.35. The number of carbonyl (C=O) groups is 3. The minimum absolute atomic E-state index is 0.0264. The van der Waals surface area contributed by atoms with Crippen LogP contribution in [0.4, 0.5) is 20.3 Å². The molecule has 7 aliphatic rings. The number of nitrogens with one attached hydrogen (secondary N) is 2. The highest BCUT2D eigenvalue weighted by Crippen LogP contribution is 2.53. The number of hydrogen-bond donors (Lipinski definition) is 2. The summed E-state index contributed by atoms with van der Waals surface area (Å²) in [6.07, 6.45) is 5.62. The Balaban J connectivity index is 0.691. The Morgan fingerprint density at radius 1 is 0.967 bits per heavy atom. The zero-order valence-electron chi connectivity index (χ0n) is 34.0. The van der Waals surface area contributed by atoms with Crippen LogP contribution in [0.2, 0.25) is 0 Å². The van der Waals surface area contributed by atoms with E-state index in [1.165, 1.54) is 23.8 Å². The van der Waals surface area contributed by atoms with Crippen LogP contribution in [0, 0.1) is 11.3 Å². The summed E-state index contributed by atoms with van der Waals surface area (Å²) in [5.74, 6) is 1.54. The molecule has 60 heavy (non-hydrogen) atoms. The Hall–Kier alpha value is -5.08. The minimum Gasteiger partial charge on any atom is -0.489 e. The zero-order valence-corrected chi connectivity index (χ0v) is 34.0. The summed E-state index contributed by atoms with van der Waals surface area (Å²) >= 11 is 0. The summed E-state index contributed by atoms with van der Waals surface area (Å²) in [7, 11) is 0. The Labute approximate surface area is 348 Å². The number of nitrogens with zero attached hydrogens (tertiary/aromatic N) is 6. The largest absolute Gasteiger partial charge is 0.489 e. The molecule has 2 aromatic heterocycles. The molecule has 3 amide bonds. The van der Waals surface area contributed by atoms with Gasteiger partial charge in [-0.15, -0.1) is 0 Å². The molecule has 1 aliphatic carbocycles. The number of imide groups is 1. The lowest BCUT2D eigenvalue weighted by Gasteiger charge is -2.54. The first kappa shape index (κ1) is 37.9. The van der Waals surface area contributed by atoms with Gasteiger partial charge in [-0.1, -0.05) is 24.3 Å². The predicted octanol–water partition coefficient (Wildman–Crippen LogP) is 5.50. The van der Waals surface area contributed by atoms with Gasteiger partial charge in [-0.2, -0.15) is 0 Å². The molecule has 12 nitrogen and oxygen atoms in total. The Morgan fingerprint density at radius 3 is 2.58 bits per heavy atom. The molecule has 6 aliphatic heterocycles. The second kappa shape index (κ2) is 14.5. The molecule has 1 saturated carbocycles. The van der Waals surface area contributed by atoms with E-state index in [1.807, 2.05) is 35.4 Å². The molecule has 314 valence electrons. The summed E-state index contributed by atoms with van der Waals surface area (Å²) in [5, 5.41) is 3.56. The molecule has 0 unspecified atom stereocenters. The number of rotatable bonds is 7. The number of ether oxygens (including phenoxy) is 1. The van der Waals surface area contributed by atoms with Crippen LogP contribution in [-0.4, -0.2) is 119 Å². The standard InChI is InChI=1S/C46H52F2N8O4/c1-27-18-33-31-4-2-3-5-35(31)50-41(33)42(55(27)25-38(47)48)29-6-10-39(49-21-29)53-14-12-46(13-15-53)19-28(20-46)22-52-16-17-54-30(23-52)26-60-43-34-24-56(37-9-11-40(57)51-44(37)58)45(59)32(34)7-8-36(43)54/h2-8,10,21,27-28,30,37-38,42,50H,9,11-20,22-26H2,1H3,(H,51,57,58)/t27-,30+,37+,42-/m1/s1. The van der Waals surface area contributed by atoms with Gasteiger partial charge in [-0.25, -0.2) is 13.8 Å². The molecule has 2 N–H and O–H groups in total. The van der Waals surface area contributed by atoms with Gasteiger partial charge in [-0.3, -0.25) is 29.5 Å². The van der Waals surface area contributed by atoms with Gasteiger partial charge in [0.1, 0.15) is 24.2 Å². The third-order valence-corrected chi connectivity index (χ3v) is 15.0. The number of fused-ring (bicyclic) bond motifs is 8. The monoisotopic (exact) mass is 818 g/mol. The summed E-state index contributed by atoms with van der Waals surface area (Å²) in [4.78, 5) is 57.2. The van der Waals surface area contributed by atoms with Crippen molar-refractivity contribution < 1.29 is 27.9 Å². The number of hydrogen-bond acceptors (Lipinski definition) is 9. The average molecular weight is 819 g/mol. The van der Waals surface area contributed by atoms with Crippen LogP contribution >= 0.6 is 0 Å². The highest BCUT2D eigenvalue weighted by molar-refractivity contribution is 6.06. The third-order valence-electron chi connectivity index (χ3n) is 15.0. The summed E-state index contributed by atoms with van der Waals surface area (Å²) in [5.41, 5.74) is 7.08. The van der Waals surface area contributed by atoms with Crippen molar-refractivity contribution in [2.75, 3.05) is 62.2 Å². The van der Waals surface area contributed by atoms with Crippen molar-refractivity contribution in [3.63, 3.8) is 0 Å². The fourth-order valence-corrected chi connectivity index (χ4v) is 12.0. The van der Waals surface area contributed by atoms with Gasteiger partial charge in [0, 0.05) is 85.7 Å². The number of piperazine rings is 1. The van der Waals surface area contributed by atoms with Crippen molar-refractivity contribution in [2.45, 2.75) is 89.0 Å². The van der Waals surface area contributed by atoms with E-state index in [2.05, 4.69) is 56.2 Å². The van der Waals surface area contributed by atoms with Crippen molar-refractivity contribution in [3.8, 4) is 5.75 Å². The summed E-state index contributed by atoms with van der Waals surface area (Å²) < 4.78 is 34.3. The van der Waals surface area contributed by atoms with E-state index in [1.54, 1.807) is 4.90 Å². The van der Waals surface area contributed by atoms with E-state index >= 15 is 0 Å². The second-order valence-electron chi connectivity index (χ2n) is 18.6. The number of aromatic nitrogens is 2. The number of carbonyl (C=O) groups excluding carboxylic acids is 3. The van der Waals surface area contributed by atoms with Gasteiger partial charge in [-0.05, 0) is 92.2 Å². The number of aromatic amines is 1. The van der Waals surface area contributed by atoms with E-state index < -0.39 is 18.4 Å². The van der Waals surface area contributed by atoms with Crippen LogP contribution in [0.25, 0.3) is 10.9 Å². The van der Waals surface area contributed by atoms with Crippen LogP contribution < -0.4 is 19.9 Å². The highest BCUT2D eigenvalue weighted by Gasteiger charge is 2.48. The molecule has 3 saturated heterocycles. The lowest BCUT2D eigenvalue weighted by molar-refractivity contribution is -0.136. The molecule has 1 spiro atoms. The molecule has 4 atom stereocenters. The molecule has 14 heteroatoms. The Morgan fingerprint density at radius 2 is 1.80 bits per heavy atom. The molecule has 0 bridgehead atoms. The number of pyridine rings is 1. The zero-order chi connectivity index (χ0) is 40.9. The number of anilines is 2. The fourth-order valence-electron chi connectivity index (χ4n) is 12.0. The summed E-state index contributed by atoms with van der Waals surface area (Å²) in [6.45, 7) is 8.52. The van der Waals surface area contributed by atoms with Crippen LogP contribution in [0.5, 0.6) is 5.75 Å². The molecule has 4 fully saturated rings. The van der Waals surface area contributed by atoms with Crippen LogP contribution in [0.3, 0.4) is 0 Å². The SMILES string of the molecule is C[C@@H]1Cc2c([nH]c3ccccc23)[C@@H](c2ccc(N3CCC4(CC3)CC(CN3CCN5c6ccc7c(c6OC[C@@H]5C3)CN([C@H]3CCC(=O)NC3=O)C7=O)C4)nc2)N1CC(F)F. The van der Waals surface area contributed by atoms with Gasteiger partial charge in [0.05, 0.1) is 30.9 Å². The quantitative estimate of drug-likeness (QED) is 0.233. The first-order valence-electron chi connectivity index (χ1n) is 21.9. The van der Waals surface area contributed by atoms with Gasteiger partial charge >= 0.3 is 0 Å². The van der Waals surface area contributed by atoms with Crippen molar-refractivity contribution in [1.29, 1.82) is 0 Å². The number of halogens is 2. The van der Waals surface area contributed by atoms with Crippen molar-refractivity contribution >= 4 is 40.1 Å². The highest BCUT2D eigenvalue weighted by atomic mass is 19.3. The maximum atomic E-state index is 13.9. The average Bonchev–Trinajstić information content (AvgIpc) is 3.77. The van der Waals surface area contributed by atoms with Crippen molar-refractivity contribution in [3.05, 3.63) is 82.7 Å². The maximum absolute atomic E-state index is 13.9. The number of para-hydroxylation sites is 1. The van der Waals surface area contributed by atoms with Crippen LogP contribution in [0.1, 0.15) is 84.2 Å². The number of H-pyrrole nitrogens is 1. The minimum atomic E-state index is -2.42. The normalized spacial score (nSPS) is 26.8. The first-order valence-corrected chi connectivity index (χ1v) is 21.9. The van der Waals surface area contributed by atoms with Crippen molar-refractivity contribution in [1.82, 2.24) is 30.0 Å². The topological polar surface area (TPSA) is 117 Å². The molecule has 4 aromatic rings. The lowest BCUT2D eigenvalue weighted by atomic mass is 9.57. The maximum Gasteiger partial charge on any atom is 0.255 e. The van der Waals surface area contributed by atoms with Gasteiger partial charge in [0.25, 0.3) is 12.3 Å². The van der Waals surface area contributed by atoms with Crippen LogP contribution in [0.15, 0.2) is 54.7 Å². The molecule has 0 radical (unpaired) electrons. The predicted molar refractivity (Wildman–Crippen MR) is 222 cm³/mol. The number of benzene rings is 2. The lowest BCUT2D eigenvalue weighted by Crippen LogP contribution is -2.59. The molecule has 2 aromatic carbocycles. The first-order chi connectivity index (χ1) is 29.1. The van der Waals surface area contributed by atoms with Gasteiger partial charge in [0.2, 0.25) is 11.8 Å². The van der Waals surface area contributed by atoms with Gasteiger partial charge < -0.3 is 24.4 Å². The van der Waals surface area contributed by atoms with Gasteiger partial charge in [0.15, 0.2) is 0 Å². The van der Waals surface area contributed by atoms with E-state index in [0.29, 0.717) is 36.5 Å². The molecular formula is C46H52F2N8O4. The summed E-state index contributed by atoms with van der Waals surface area (Å²) in [6, 6.07) is 15.6. The molecular weight excluding hydrogens is 767 g/mol. The number of alkyl halides is 2. The number of piperidine rings is 2. The van der Waals surface area contributed by atoms with Crippen molar-refractivity contribution in [2.24, 2.45) is 11.3 Å². The Kier molecular flexibility index (Phi) is 9.18. The second-order valence-corrected chi connectivity index (χ2v) is 18.6. The van der Waals surface area contributed by atoms with Crippen LogP contribution in [-0.2, 0) is 22.6 Å². The molecule has 11 rings (SSSR count). The smallest absolute Gasteiger partial charge is 0.255 e. The van der Waals surface area contributed by atoms with E-state index in [9.17, 15) is 23.2 Å². The van der Waals surface area contributed by atoms with E-state index in [0.717, 1.165) is 98.1 Å². The van der Waals surface area contributed by atoms with E-state index in [4.69, 9.17) is 9.72 Å². The molecule has 8 heterocycles. The number of amides is 3. The van der Waals surface area contributed by atoms with E-state index in [-0.39, 0.29) is 42.9 Å². The fraction of sp³-hybridized carbons (Fsp3) is 0.522. The Bertz CT molecular complexity index is 2350.